The summed E-state index contributed by atoms with van der Waals surface area (Å²) < 4.78 is 10.4. The molecule has 0 saturated heterocycles. The minimum Gasteiger partial charge on any atom is -0.496 e. The van der Waals surface area contributed by atoms with Gasteiger partial charge in [0, 0.05) is 13.7 Å². The molecule has 4 nitrogen and oxygen atoms in total. The Bertz CT molecular complexity index is 610. The molecule has 0 unspecified atom stereocenters. The van der Waals surface area contributed by atoms with E-state index in [1.165, 1.54) is 0 Å². The van der Waals surface area contributed by atoms with Crippen LogP contribution in [0.15, 0.2) is 48.5 Å². The molecule has 0 bridgehead atoms. The van der Waals surface area contributed by atoms with E-state index in [0.717, 1.165) is 11.1 Å². The average Bonchev–Trinajstić information content (AvgIpc) is 2.54. The van der Waals surface area contributed by atoms with Crippen LogP contribution < -0.4 is 10.1 Å². The Kier molecular flexibility index (Phi) is 5.35. The van der Waals surface area contributed by atoms with Crippen molar-refractivity contribution in [2.75, 3.05) is 14.2 Å². The second-order valence-electron chi connectivity index (χ2n) is 4.58. The molecule has 0 fully saturated rings. The summed E-state index contributed by atoms with van der Waals surface area (Å²) in [7, 11) is 3.21. The van der Waals surface area contributed by atoms with Gasteiger partial charge in [-0.2, -0.15) is 0 Å². The fourth-order valence-corrected chi connectivity index (χ4v) is 2.13. The molecule has 0 aliphatic heterocycles. The highest BCUT2D eigenvalue weighted by atomic mass is 16.5. The summed E-state index contributed by atoms with van der Waals surface area (Å²) >= 11 is 0. The first kappa shape index (κ1) is 15.1. The van der Waals surface area contributed by atoms with Gasteiger partial charge in [-0.25, -0.2) is 0 Å². The first-order chi connectivity index (χ1) is 10.3. The normalized spacial score (nSPS) is 10.2. The minimum atomic E-state index is -0.153. The average molecular weight is 285 g/mol. The maximum atomic E-state index is 12.2. The van der Waals surface area contributed by atoms with Crippen molar-refractivity contribution in [3.63, 3.8) is 0 Å². The van der Waals surface area contributed by atoms with E-state index in [9.17, 15) is 4.79 Å². The van der Waals surface area contributed by atoms with E-state index >= 15 is 0 Å². The summed E-state index contributed by atoms with van der Waals surface area (Å²) in [6.07, 6.45) is 0. The molecule has 0 aliphatic carbocycles. The molecule has 2 rings (SSSR count). The molecule has 0 spiro atoms. The number of para-hydroxylation sites is 1. The number of carbonyl (C=O) groups is 1. The first-order valence-corrected chi connectivity index (χ1v) is 6.73. The second-order valence-corrected chi connectivity index (χ2v) is 4.58. The Labute approximate surface area is 124 Å². The van der Waals surface area contributed by atoms with Crippen molar-refractivity contribution in [2.24, 2.45) is 0 Å². The number of benzene rings is 2. The molecule has 2 aromatic carbocycles. The number of carbonyl (C=O) groups excluding carboxylic acids is 1. The van der Waals surface area contributed by atoms with Crippen LogP contribution in [0.4, 0.5) is 0 Å². The van der Waals surface area contributed by atoms with Gasteiger partial charge in [0.1, 0.15) is 5.75 Å². The van der Waals surface area contributed by atoms with Crippen molar-refractivity contribution < 1.29 is 14.3 Å². The number of nitrogens with one attached hydrogen (secondary N) is 1. The molecule has 0 aliphatic rings. The maximum absolute atomic E-state index is 12.2. The predicted molar refractivity (Wildman–Crippen MR) is 81.3 cm³/mol. The summed E-state index contributed by atoms with van der Waals surface area (Å²) in [5.41, 5.74) is 2.65. The highest BCUT2D eigenvalue weighted by Gasteiger charge is 2.11. The van der Waals surface area contributed by atoms with Crippen molar-refractivity contribution in [1.82, 2.24) is 5.32 Å². The number of rotatable bonds is 6. The highest BCUT2D eigenvalue weighted by Crippen LogP contribution is 2.17. The van der Waals surface area contributed by atoms with E-state index in [1.807, 2.05) is 36.4 Å². The lowest BCUT2D eigenvalue weighted by Gasteiger charge is -2.11. The SMILES string of the molecule is COCc1ccccc1CNC(=O)c1ccccc1OC. The highest BCUT2D eigenvalue weighted by molar-refractivity contribution is 5.96. The molecule has 4 heteroatoms. The van der Waals surface area contributed by atoms with Crippen molar-refractivity contribution in [3.05, 3.63) is 65.2 Å². The predicted octanol–water partition coefficient (Wildman–Crippen LogP) is 2.77. The van der Waals surface area contributed by atoms with Crippen LogP contribution in [-0.4, -0.2) is 20.1 Å². The molecule has 0 heterocycles. The van der Waals surface area contributed by atoms with Crippen LogP contribution in [-0.2, 0) is 17.9 Å². The van der Waals surface area contributed by atoms with Crippen molar-refractivity contribution in [3.8, 4) is 5.75 Å². The molecule has 0 saturated carbocycles. The Morgan fingerprint density at radius 2 is 1.67 bits per heavy atom. The van der Waals surface area contributed by atoms with Crippen LogP contribution >= 0.6 is 0 Å². The monoisotopic (exact) mass is 285 g/mol. The number of hydrogen-bond donors (Lipinski definition) is 1. The summed E-state index contributed by atoms with van der Waals surface area (Å²) in [5, 5.41) is 2.91. The van der Waals surface area contributed by atoms with Gasteiger partial charge in [-0.05, 0) is 23.3 Å². The number of methoxy groups -OCH3 is 2. The van der Waals surface area contributed by atoms with Crippen LogP contribution in [0.2, 0.25) is 0 Å². The van der Waals surface area contributed by atoms with Gasteiger partial charge in [0.25, 0.3) is 5.91 Å². The van der Waals surface area contributed by atoms with Crippen molar-refractivity contribution >= 4 is 5.91 Å². The Balaban J connectivity index is 2.08. The van der Waals surface area contributed by atoms with Crippen molar-refractivity contribution in [1.29, 1.82) is 0 Å². The minimum absolute atomic E-state index is 0.153. The van der Waals surface area contributed by atoms with Gasteiger partial charge in [-0.3, -0.25) is 4.79 Å². The molecule has 0 aromatic heterocycles. The van der Waals surface area contributed by atoms with E-state index in [-0.39, 0.29) is 5.91 Å². The zero-order chi connectivity index (χ0) is 15.1. The Morgan fingerprint density at radius 3 is 2.38 bits per heavy atom. The molecule has 110 valence electrons. The smallest absolute Gasteiger partial charge is 0.255 e. The van der Waals surface area contributed by atoms with Gasteiger partial charge in [0.05, 0.1) is 19.3 Å². The second kappa shape index (κ2) is 7.45. The standard InChI is InChI=1S/C17H19NO3/c1-20-12-14-8-4-3-7-13(14)11-18-17(19)15-9-5-6-10-16(15)21-2/h3-10H,11-12H2,1-2H3,(H,18,19). The van der Waals surface area contributed by atoms with Crippen LogP contribution in [0.25, 0.3) is 0 Å². The van der Waals surface area contributed by atoms with Gasteiger partial charge in [0.2, 0.25) is 0 Å². The van der Waals surface area contributed by atoms with E-state index < -0.39 is 0 Å². The third-order valence-electron chi connectivity index (χ3n) is 3.21. The van der Waals surface area contributed by atoms with E-state index in [2.05, 4.69) is 5.32 Å². The molecule has 1 N–H and O–H groups in total. The molecule has 0 atom stereocenters. The van der Waals surface area contributed by atoms with E-state index in [1.54, 1.807) is 26.4 Å². The van der Waals surface area contributed by atoms with Crippen LogP contribution in [0.5, 0.6) is 5.75 Å². The molecule has 2 aromatic rings. The first-order valence-electron chi connectivity index (χ1n) is 6.73. The largest absolute Gasteiger partial charge is 0.496 e. The lowest BCUT2D eigenvalue weighted by Crippen LogP contribution is -2.24. The van der Waals surface area contributed by atoms with E-state index in [0.29, 0.717) is 24.5 Å². The summed E-state index contributed by atoms with van der Waals surface area (Å²) in [6.45, 7) is 0.983. The lowest BCUT2D eigenvalue weighted by molar-refractivity contribution is 0.0947. The third kappa shape index (κ3) is 3.83. The maximum Gasteiger partial charge on any atom is 0.255 e. The van der Waals surface area contributed by atoms with Crippen molar-refractivity contribution in [2.45, 2.75) is 13.2 Å². The van der Waals surface area contributed by atoms with E-state index in [4.69, 9.17) is 9.47 Å². The van der Waals surface area contributed by atoms with Gasteiger partial charge >= 0.3 is 0 Å². The Morgan fingerprint density at radius 1 is 1.00 bits per heavy atom. The fourth-order valence-electron chi connectivity index (χ4n) is 2.13. The van der Waals surface area contributed by atoms with Crippen LogP contribution in [0.1, 0.15) is 21.5 Å². The number of hydrogen-bond acceptors (Lipinski definition) is 3. The summed E-state index contributed by atoms with van der Waals surface area (Å²) in [5.74, 6) is 0.417. The van der Waals surface area contributed by atoms with Crippen LogP contribution in [0, 0.1) is 0 Å². The van der Waals surface area contributed by atoms with Gasteiger partial charge < -0.3 is 14.8 Å². The Hall–Kier alpha value is -2.33. The molecular weight excluding hydrogens is 266 g/mol. The lowest BCUT2D eigenvalue weighted by atomic mass is 10.1. The third-order valence-corrected chi connectivity index (χ3v) is 3.21. The van der Waals surface area contributed by atoms with Gasteiger partial charge in [0.15, 0.2) is 0 Å². The van der Waals surface area contributed by atoms with Crippen LogP contribution in [0.3, 0.4) is 0 Å². The zero-order valence-corrected chi connectivity index (χ0v) is 12.3. The topological polar surface area (TPSA) is 47.6 Å². The molecule has 0 radical (unpaired) electrons. The number of ether oxygens (including phenoxy) is 2. The molecule has 1 amide bonds. The summed E-state index contributed by atoms with van der Waals surface area (Å²) in [4.78, 5) is 12.2. The van der Waals surface area contributed by atoms with Gasteiger partial charge in [-0.1, -0.05) is 36.4 Å². The summed E-state index contributed by atoms with van der Waals surface area (Å²) in [6, 6.07) is 15.1. The molecular formula is C17H19NO3. The quantitative estimate of drug-likeness (QED) is 0.887. The zero-order valence-electron chi connectivity index (χ0n) is 12.3. The number of amides is 1. The molecule has 21 heavy (non-hydrogen) atoms. The van der Waals surface area contributed by atoms with Gasteiger partial charge in [-0.15, -0.1) is 0 Å². The fraction of sp³-hybridized carbons (Fsp3) is 0.235.